The van der Waals surface area contributed by atoms with Crippen LogP contribution in [0.1, 0.15) is 28.9 Å². The van der Waals surface area contributed by atoms with Crippen LogP contribution in [0.4, 0.5) is 5.82 Å². The third-order valence-electron chi connectivity index (χ3n) is 5.93. The molecule has 1 aliphatic heterocycles. The van der Waals surface area contributed by atoms with Crippen LogP contribution in [0.2, 0.25) is 0 Å². The number of pyridine rings is 1. The Kier molecular flexibility index (Phi) is 6.10. The highest BCUT2D eigenvalue weighted by atomic mass is 16.3. The van der Waals surface area contributed by atoms with Gasteiger partial charge >= 0.3 is 0 Å². The Hall–Kier alpha value is -3.45. The van der Waals surface area contributed by atoms with Crippen molar-refractivity contribution < 1.29 is 14.0 Å². The molecule has 0 radical (unpaired) electrons. The van der Waals surface area contributed by atoms with Crippen LogP contribution in [0.25, 0.3) is 17.0 Å². The van der Waals surface area contributed by atoms with Gasteiger partial charge in [0.25, 0.3) is 0 Å². The third-order valence-corrected chi connectivity index (χ3v) is 5.93. The van der Waals surface area contributed by atoms with Crippen LogP contribution in [0.5, 0.6) is 0 Å². The number of benzene rings is 1. The number of fused-ring (bicyclic) bond motifs is 2. The normalized spacial score (nSPS) is 16.3. The molecule has 166 valence electrons. The Morgan fingerprint density at radius 2 is 2.06 bits per heavy atom. The fraction of sp³-hybridized carbons (Fsp3) is 0.320. The van der Waals surface area contributed by atoms with E-state index in [-0.39, 0.29) is 17.9 Å². The van der Waals surface area contributed by atoms with Gasteiger partial charge in [0.2, 0.25) is 11.8 Å². The number of nitrogens with one attached hydrogen (secondary N) is 1. The SMILES string of the molecule is Cc1oc2ccccc2c1CN(C)C(=O)C=Cc1cnc2c(c1)CCC(N(C)C)C(=O)N2. The van der Waals surface area contributed by atoms with Crippen molar-refractivity contribution in [1.82, 2.24) is 14.8 Å². The number of para-hydroxylation sites is 1. The van der Waals surface area contributed by atoms with E-state index >= 15 is 0 Å². The minimum absolute atomic E-state index is 0.0385. The summed E-state index contributed by atoms with van der Waals surface area (Å²) in [5, 5.41) is 3.94. The van der Waals surface area contributed by atoms with Gasteiger partial charge in [-0.2, -0.15) is 0 Å². The van der Waals surface area contributed by atoms with Crippen molar-refractivity contribution in [3.05, 3.63) is 65.1 Å². The topological polar surface area (TPSA) is 78.7 Å². The van der Waals surface area contributed by atoms with E-state index in [1.54, 1.807) is 30.3 Å². The molecule has 4 rings (SSSR count). The number of hydrogen-bond donors (Lipinski definition) is 1. The zero-order valence-electron chi connectivity index (χ0n) is 18.9. The van der Waals surface area contributed by atoms with Crippen molar-refractivity contribution in [2.45, 2.75) is 32.4 Å². The van der Waals surface area contributed by atoms with Crippen molar-refractivity contribution in [1.29, 1.82) is 0 Å². The lowest BCUT2D eigenvalue weighted by Gasteiger charge is -2.20. The van der Waals surface area contributed by atoms with Crippen LogP contribution in [0.3, 0.4) is 0 Å². The lowest BCUT2D eigenvalue weighted by atomic mass is 10.1. The summed E-state index contributed by atoms with van der Waals surface area (Å²) >= 11 is 0. The quantitative estimate of drug-likeness (QED) is 0.623. The molecular formula is C25H28N4O3. The summed E-state index contributed by atoms with van der Waals surface area (Å²) in [6.45, 7) is 2.39. The van der Waals surface area contributed by atoms with Crippen molar-refractivity contribution in [3.63, 3.8) is 0 Å². The second-order valence-corrected chi connectivity index (χ2v) is 8.44. The molecule has 1 N–H and O–H groups in total. The summed E-state index contributed by atoms with van der Waals surface area (Å²) < 4.78 is 5.80. The molecule has 0 bridgehead atoms. The number of carbonyl (C=O) groups excluding carboxylic acids is 2. The minimum Gasteiger partial charge on any atom is -0.461 e. The molecule has 1 aliphatic rings. The molecule has 0 saturated carbocycles. The maximum atomic E-state index is 12.7. The predicted molar refractivity (Wildman–Crippen MR) is 125 cm³/mol. The lowest BCUT2D eigenvalue weighted by molar-refractivity contribution is -0.125. The Morgan fingerprint density at radius 3 is 2.84 bits per heavy atom. The van der Waals surface area contributed by atoms with Gasteiger partial charge in [0.15, 0.2) is 0 Å². The summed E-state index contributed by atoms with van der Waals surface area (Å²) in [6.07, 6.45) is 6.46. The van der Waals surface area contributed by atoms with Gasteiger partial charge in [-0.25, -0.2) is 4.98 Å². The molecular weight excluding hydrogens is 404 g/mol. The maximum absolute atomic E-state index is 12.7. The van der Waals surface area contributed by atoms with E-state index in [0.29, 0.717) is 12.4 Å². The Morgan fingerprint density at radius 1 is 1.28 bits per heavy atom. The first kappa shape index (κ1) is 21.8. The van der Waals surface area contributed by atoms with Crippen LogP contribution < -0.4 is 5.32 Å². The Bertz CT molecular complexity index is 1200. The molecule has 0 spiro atoms. The number of furan rings is 1. The van der Waals surface area contributed by atoms with Crippen LogP contribution >= 0.6 is 0 Å². The van der Waals surface area contributed by atoms with Gasteiger partial charge in [0.1, 0.15) is 17.2 Å². The fourth-order valence-electron chi connectivity index (χ4n) is 4.07. The third kappa shape index (κ3) is 4.43. The van der Waals surface area contributed by atoms with Crippen LogP contribution in [-0.2, 0) is 22.6 Å². The van der Waals surface area contributed by atoms with E-state index in [9.17, 15) is 9.59 Å². The number of carbonyl (C=O) groups is 2. The first-order valence-corrected chi connectivity index (χ1v) is 10.7. The highest BCUT2D eigenvalue weighted by Crippen LogP contribution is 2.26. The highest BCUT2D eigenvalue weighted by molar-refractivity contribution is 5.96. The average molecular weight is 433 g/mol. The number of rotatable bonds is 5. The summed E-state index contributed by atoms with van der Waals surface area (Å²) in [5.41, 5.74) is 3.65. The molecule has 7 heteroatoms. The monoisotopic (exact) mass is 432 g/mol. The van der Waals surface area contributed by atoms with E-state index in [4.69, 9.17) is 4.42 Å². The van der Waals surface area contributed by atoms with Gasteiger partial charge in [-0.3, -0.25) is 14.5 Å². The predicted octanol–water partition coefficient (Wildman–Crippen LogP) is 3.62. The molecule has 2 aromatic heterocycles. The van der Waals surface area contributed by atoms with Crippen LogP contribution in [0.15, 0.2) is 47.0 Å². The molecule has 0 fully saturated rings. The number of likely N-dealkylation sites (N-methyl/N-ethyl adjacent to an activating group) is 2. The van der Waals surface area contributed by atoms with E-state index < -0.39 is 0 Å². The zero-order valence-corrected chi connectivity index (χ0v) is 18.9. The first-order chi connectivity index (χ1) is 15.3. The van der Waals surface area contributed by atoms with E-state index in [1.807, 2.05) is 56.3 Å². The van der Waals surface area contributed by atoms with Crippen molar-refractivity contribution in [3.8, 4) is 0 Å². The van der Waals surface area contributed by atoms with Gasteiger partial charge in [0, 0.05) is 36.8 Å². The molecule has 2 amide bonds. The van der Waals surface area contributed by atoms with Crippen LogP contribution in [0, 0.1) is 6.92 Å². The van der Waals surface area contributed by atoms with Gasteiger partial charge in [-0.1, -0.05) is 18.2 Å². The maximum Gasteiger partial charge on any atom is 0.246 e. The number of hydrogen-bond acceptors (Lipinski definition) is 5. The second kappa shape index (κ2) is 8.96. The summed E-state index contributed by atoms with van der Waals surface area (Å²) in [6, 6.07) is 9.65. The van der Waals surface area contributed by atoms with Crippen molar-refractivity contribution in [2.24, 2.45) is 0 Å². The van der Waals surface area contributed by atoms with Crippen LogP contribution in [-0.4, -0.2) is 53.8 Å². The smallest absolute Gasteiger partial charge is 0.246 e. The number of amides is 2. The molecule has 1 unspecified atom stereocenters. The Balaban J connectivity index is 1.46. The summed E-state index contributed by atoms with van der Waals surface area (Å²) in [5.74, 6) is 1.28. The zero-order chi connectivity index (χ0) is 22.8. The molecule has 1 aromatic carbocycles. The summed E-state index contributed by atoms with van der Waals surface area (Å²) in [4.78, 5) is 33.1. The molecule has 1 atom stereocenters. The standard InChI is InChI=1S/C25H28N4O3/c1-16-20(19-7-5-6-8-22(19)32-16)15-29(4)23(30)12-9-17-13-18-10-11-21(28(2)3)25(31)27-24(18)26-14-17/h5-9,12-14,21H,10-11,15H2,1-4H3,(H,26,27,31). The number of nitrogens with zero attached hydrogens (tertiary/aromatic N) is 3. The largest absolute Gasteiger partial charge is 0.461 e. The van der Waals surface area contributed by atoms with Crippen molar-refractivity contribution >= 4 is 34.7 Å². The van der Waals surface area contributed by atoms with Gasteiger partial charge in [0.05, 0.1) is 6.04 Å². The summed E-state index contributed by atoms with van der Waals surface area (Å²) in [7, 11) is 5.58. The average Bonchev–Trinajstić information content (AvgIpc) is 2.97. The lowest BCUT2D eigenvalue weighted by Crippen LogP contribution is -2.38. The molecule has 7 nitrogen and oxygen atoms in total. The minimum atomic E-state index is -0.180. The number of aryl methyl sites for hydroxylation is 2. The van der Waals surface area contributed by atoms with Crippen molar-refractivity contribution in [2.75, 3.05) is 26.5 Å². The molecule has 3 heterocycles. The van der Waals surface area contributed by atoms with Gasteiger partial charge in [-0.15, -0.1) is 0 Å². The molecule has 0 saturated heterocycles. The van der Waals surface area contributed by atoms with E-state index in [0.717, 1.165) is 46.3 Å². The van der Waals surface area contributed by atoms with Gasteiger partial charge in [-0.05, 0) is 63.2 Å². The van der Waals surface area contributed by atoms with E-state index in [1.165, 1.54) is 0 Å². The number of aromatic nitrogens is 1. The molecule has 0 aliphatic carbocycles. The Labute approximate surface area is 187 Å². The molecule has 32 heavy (non-hydrogen) atoms. The second-order valence-electron chi connectivity index (χ2n) is 8.44. The highest BCUT2D eigenvalue weighted by Gasteiger charge is 2.25. The first-order valence-electron chi connectivity index (χ1n) is 10.7. The fourth-order valence-corrected chi connectivity index (χ4v) is 4.07. The van der Waals surface area contributed by atoms with Gasteiger partial charge < -0.3 is 14.6 Å². The molecule has 3 aromatic rings. The van der Waals surface area contributed by atoms with E-state index in [2.05, 4.69) is 10.3 Å². The number of anilines is 1.